The molecule has 2 saturated heterocycles. The molecule has 0 bridgehead atoms. The number of nitriles is 1. The van der Waals surface area contributed by atoms with Crippen LogP contribution in [0.25, 0.3) is 11.0 Å². The third kappa shape index (κ3) is 5.76. The molecule has 0 saturated carbocycles. The van der Waals surface area contributed by atoms with Crippen LogP contribution in [0.5, 0.6) is 0 Å². The number of halogens is 3. The highest BCUT2D eigenvalue weighted by atomic mass is 19.4. The number of hydrogen-bond donors (Lipinski definition) is 1. The van der Waals surface area contributed by atoms with E-state index < -0.39 is 23.5 Å². The predicted molar refractivity (Wildman–Crippen MR) is 158 cm³/mol. The Bertz CT molecular complexity index is 1620. The summed E-state index contributed by atoms with van der Waals surface area (Å²) in [6.07, 6.45) is -1.91. The fourth-order valence-electron chi connectivity index (χ4n) is 6.53. The number of aliphatic hydroxyl groups is 1. The fourth-order valence-corrected chi connectivity index (χ4v) is 6.53. The SMILES string of the molecule is CC[C@H]1CN(C(C(=O)N2CCCC2CO)c2ccc(C(F)(F)F)cc2)[C@H](CC)CN1c1nc(=O)n(C)c2ccc(C#N)nc12. The fraction of sp³-hybridized carbons (Fsp3) is 0.516. The predicted octanol–water partition coefficient (Wildman–Crippen LogP) is 3.62. The standard InChI is InChI=1S/C31H36F3N7O3/c1-4-22-17-41(28-26-25(38(3)30(44)37-28)13-12-21(15-35)36-26)23(5-2)16-40(22)27(29(43)39-14-6-7-24(39)18-42)19-8-10-20(11-9-19)31(32,33)34/h8-13,22-24,27,42H,4-7,14,16-18H2,1-3H3/t22-,23+,24?,27?/m1/s1. The highest BCUT2D eigenvalue weighted by molar-refractivity contribution is 5.87. The second-order valence-corrected chi connectivity index (χ2v) is 11.5. The van der Waals surface area contributed by atoms with Gasteiger partial charge in [0.1, 0.15) is 23.3 Å². The van der Waals surface area contributed by atoms with Crippen molar-refractivity contribution in [1.29, 1.82) is 5.26 Å². The smallest absolute Gasteiger partial charge is 0.394 e. The Morgan fingerprint density at radius 3 is 2.39 bits per heavy atom. The minimum absolute atomic E-state index is 0.187. The maximum absolute atomic E-state index is 14.3. The van der Waals surface area contributed by atoms with Crippen LogP contribution in [0, 0.1) is 11.3 Å². The average Bonchev–Trinajstić information content (AvgIpc) is 3.51. The first kappa shape index (κ1) is 31.4. The van der Waals surface area contributed by atoms with Crippen LogP contribution in [0.15, 0.2) is 41.2 Å². The number of rotatable bonds is 7. The van der Waals surface area contributed by atoms with Gasteiger partial charge in [0, 0.05) is 38.8 Å². The number of aliphatic hydroxyl groups excluding tert-OH is 1. The summed E-state index contributed by atoms with van der Waals surface area (Å²) in [5.74, 6) is 0.114. The number of hydrogen-bond acceptors (Lipinski definition) is 8. The molecule has 0 spiro atoms. The summed E-state index contributed by atoms with van der Waals surface area (Å²) in [6.45, 7) is 4.97. The van der Waals surface area contributed by atoms with Crippen molar-refractivity contribution in [3.8, 4) is 6.07 Å². The monoisotopic (exact) mass is 611 g/mol. The quantitative estimate of drug-likeness (QED) is 0.431. The summed E-state index contributed by atoms with van der Waals surface area (Å²) in [4.78, 5) is 41.8. The lowest BCUT2D eigenvalue weighted by molar-refractivity contribution is -0.140. The summed E-state index contributed by atoms with van der Waals surface area (Å²) in [7, 11) is 1.59. The Hall–Kier alpha value is -4.02. The van der Waals surface area contributed by atoms with Crippen molar-refractivity contribution in [2.45, 2.75) is 69.9 Å². The van der Waals surface area contributed by atoms with Crippen molar-refractivity contribution in [3.63, 3.8) is 0 Å². The molecule has 4 atom stereocenters. The molecule has 1 aromatic carbocycles. The molecule has 2 unspecified atom stereocenters. The molecule has 44 heavy (non-hydrogen) atoms. The summed E-state index contributed by atoms with van der Waals surface area (Å²) in [6, 6.07) is 8.33. The summed E-state index contributed by atoms with van der Waals surface area (Å²) >= 11 is 0. The molecule has 2 aromatic heterocycles. The van der Waals surface area contributed by atoms with E-state index in [1.807, 2.05) is 24.8 Å². The minimum atomic E-state index is -4.51. The van der Waals surface area contributed by atoms with Crippen molar-refractivity contribution < 1.29 is 23.1 Å². The van der Waals surface area contributed by atoms with Crippen molar-refractivity contribution in [2.75, 3.05) is 31.1 Å². The average molecular weight is 612 g/mol. The Balaban J connectivity index is 1.58. The van der Waals surface area contributed by atoms with E-state index >= 15 is 0 Å². The van der Waals surface area contributed by atoms with Crippen LogP contribution in [0.3, 0.4) is 0 Å². The molecule has 0 radical (unpaired) electrons. The van der Waals surface area contributed by atoms with Gasteiger partial charge < -0.3 is 14.9 Å². The highest BCUT2D eigenvalue weighted by Crippen LogP contribution is 2.37. The van der Waals surface area contributed by atoms with E-state index in [0.29, 0.717) is 61.3 Å². The number of anilines is 1. The lowest BCUT2D eigenvalue weighted by atomic mass is 9.94. The van der Waals surface area contributed by atoms with Crippen LogP contribution in [-0.4, -0.2) is 79.7 Å². The van der Waals surface area contributed by atoms with E-state index in [4.69, 9.17) is 0 Å². The molecule has 13 heteroatoms. The Labute approximate surface area is 253 Å². The van der Waals surface area contributed by atoms with Gasteiger partial charge >= 0.3 is 11.9 Å². The van der Waals surface area contributed by atoms with E-state index in [1.54, 1.807) is 24.1 Å². The normalized spacial score (nSPS) is 21.9. The lowest BCUT2D eigenvalue weighted by Gasteiger charge is -2.50. The van der Waals surface area contributed by atoms with Crippen LogP contribution in [0.2, 0.25) is 0 Å². The van der Waals surface area contributed by atoms with Gasteiger partial charge in [-0.2, -0.15) is 23.4 Å². The first-order valence-electron chi connectivity index (χ1n) is 14.9. The lowest BCUT2D eigenvalue weighted by Crippen LogP contribution is -2.61. The molecule has 4 heterocycles. The molecule has 2 aliphatic heterocycles. The summed E-state index contributed by atoms with van der Waals surface area (Å²) in [5.41, 5.74) is 0.335. The molecule has 2 fully saturated rings. The number of carbonyl (C=O) groups excluding carboxylic acids is 1. The number of alkyl halides is 3. The number of carbonyl (C=O) groups is 1. The van der Waals surface area contributed by atoms with Gasteiger partial charge in [-0.1, -0.05) is 26.0 Å². The number of aromatic nitrogens is 3. The molecule has 10 nitrogen and oxygen atoms in total. The molecule has 1 N–H and O–H groups in total. The number of amides is 1. The molecule has 2 aliphatic rings. The maximum Gasteiger partial charge on any atom is 0.416 e. The van der Waals surface area contributed by atoms with Gasteiger partial charge in [-0.3, -0.25) is 14.3 Å². The van der Waals surface area contributed by atoms with Crippen LogP contribution in [0.4, 0.5) is 19.0 Å². The molecule has 234 valence electrons. The van der Waals surface area contributed by atoms with Crippen molar-refractivity contribution in [2.24, 2.45) is 7.05 Å². The minimum Gasteiger partial charge on any atom is -0.394 e. The Morgan fingerprint density at radius 1 is 1.07 bits per heavy atom. The van der Waals surface area contributed by atoms with Gasteiger partial charge in [0.15, 0.2) is 5.82 Å². The number of piperazine rings is 1. The largest absolute Gasteiger partial charge is 0.416 e. The van der Waals surface area contributed by atoms with Crippen LogP contribution in [-0.2, 0) is 18.0 Å². The van der Waals surface area contributed by atoms with Crippen LogP contribution < -0.4 is 10.6 Å². The zero-order chi connectivity index (χ0) is 31.8. The third-order valence-electron chi connectivity index (χ3n) is 8.99. The van der Waals surface area contributed by atoms with Crippen molar-refractivity contribution in [1.82, 2.24) is 24.3 Å². The first-order chi connectivity index (χ1) is 21.0. The molecule has 0 aliphatic carbocycles. The second-order valence-electron chi connectivity index (χ2n) is 11.5. The molecular formula is C31H36F3N7O3. The highest BCUT2D eigenvalue weighted by Gasteiger charge is 2.44. The van der Waals surface area contributed by atoms with Gasteiger partial charge in [-0.05, 0) is 55.5 Å². The van der Waals surface area contributed by atoms with Crippen molar-refractivity contribution >= 4 is 22.8 Å². The maximum atomic E-state index is 14.3. The van der Waals surface area contributed by atoms with Gasteiger partial charge in [0.25, 0.3) is 0 Å². The van der Waals surface area contributed by atoms with Gasteiger partial charge in [0.2, 0.25) is 5.91 Å². The van der Waals surface area contributed by atoms with Crippen LogP contribution >= 0.6 is 0 Å². The zero-order valence-corrected chi connectivity index (χ0v) is 25.0. The third-order valence-corrected chi connectivity index (χ3v) is 8.99. The van der Waals surface area contributed by atoms with E-state index in [0.717, 1.165) is 18.6 Å². The second kappa shape index (κ2) is 12.5. The molecule has 3 aromatic rings. The number of aryl methyl sites for hydroxylation is 1. The molecule has 5 rings (SSSR count). The summed E-state index contributed by atoms with van der Waals surface area (Å²) in [5, 5.41) is 19.5. The van der Waals surface area contributed by atoms with Gasteiger partial charge in [-0.25, -0.2) is 9.78 Å². The number of nitrogens with zero attached hydrogens (tertiary/aromatic N) is 7. The van der Waals surface area contributed by atoms with E-state index in [-0.39, 0.29) is 36.3 Å². The van der Waals surface area contributed by atoms with E-state index in [2.05, 4.69) is 14.9 Å². The van der Waals surface area contributed by atoms with Crippen LogP contribution in [0.1, 0.15) is 62.4 Å². The zero-order valence-electron chi connectivity index (χ0n) is 25.0. The molecular weight excluding hydrogens is 575 g/mol. The number of benzene rings is 1. The van der Waals surface area contributed by atoms with E-state index in [9.17, 15) is 33.1 Å². The topological polar surface area (TPSA) is 119 Å². The Morgan fingerprint density at radius 2 is 1.77 bits per heavy atom. The van der Waals surface area contributed by atoms with E-state index in [1.165, 1.54) is 16.7 Å². The Kier molecular flexibility index (Phi) is 8.95. The van der Waals surface area contributed by atoms with Gasteiger partial charge in [-0.15, -0.1) is 0 Å². The first-order valence-corrected chi connectivity index (χ1v) is 14.9. The number of fused-ring (bicyclic) bond motifs is 1. The molecule has 1 amide bonds. The number of pyridine rings is 1. The van der Waals surface area contributed by atoms with Crippen molar-refractivity contribution in [3.05, 3.63) is 63.7 Å². The number of likely N-dealkylation sites (tertiary alicyclic amines) is 1. The summed E-state index contributed by atoms with van der Waals surface area (Å²) < 4.78 is 41.7. The van der Waals surface area contributed by atoms with Gasteiger partial charge in [0.05, 0.1) is 23.7 Å².